The smallest absolute Gasteiger partial charge is 0.389 e. The minimum absolute atomic E-state index is 0.00775. The van der Waals surface area contributed by atoms with Gasteiger partial charge in [0.05, 0.1) is 13.3 Å². The number of pyridine rings is 1. The molecule has 1 atom stereocenters. The zero-order valence-corrected chi connectivity index (χ0v) is 10.4. The highest BCUT2D eigenvalue weighted by Crippen LogP contribution is 2.28. The molecule has 0 aliphatic carbocycles. The molecular weight excluding hydrogens is 245 g/mol. The maximum absolute atomic E-state index is 12.2. The van der Waals surface area contributed by atoms with Gasteiger partial charge in [-0.1, -0.05) is 6.92 Å². The number of nitrogens with one attached hydrogen (secondary N) is 1. The van der Waals surface area contributed by atoms with Gasteiger partial charge < -0.3 is 10.1 Å². The Kier molecular flexibility index (Phi) is 5.40. The van der Waals surface area contributed by atoms with Gasteiger partial charge in [-0.2, -0.15) is 13.2 Å². The summed E-state index contributed by atoms with van der Waals surface area (Å²) in [5.41, 5.74) is 0.709. The fourth-order valence-corrected chi connectivity index (χ4v) is 1.68. The molecule has 1 N–H and O–H groups in total. The van der Waals surface area contributed by atoms with Gasteiger partial charge in [-0.05, 0) is 24.6 Å². The second-order valence-electron chi connectivity index (χ2n) is 3.92. The van der Waals surface area contributed by atoms with E-state index in [9.17, 15) is 13.2 Å². The van der Waals surface area contributed by atoms with E-state index in [1.807, 2.05) is 6.92 Å². The van der Waals surface area contributed by atoms with Crippen molar-refractivity contribution in [3.63, 3.8) is 0 Å². The molecule has 0 aliphatic rings. The van der Waals surface area contributed by atoms with Crippen molar-refractivity contribution in [1.29, 1.82) is 0 Å². The van der Waals surface area contributed by atoms with Gasteiger partial charge in [-0.3, -0.25) is 4.98 Å². The molecule has 0 saturated carbocycles. The lowest BCUT2D eigenvalue weighted by atomic mass is 10.0. The highest BCUT2D eigenvalue weighted by molar-refractivity contribution is 5.25. The van der Waals surface area contributed by atoms with Crippen LogP contribution in [-0.2, 0) is 0 Å². The standard InChI is InChI=1S/C12H17F3N2O/c1-3-17-11(4-5-12(13,14)15)9-6-10(18-2)8-16-7-9/h6-8,11,17H,3-5H2,1-2H3. The first kappa shape index (κ1) is 14.8. The van der Waals surface area contributed by atoms with Crippen LogP contribution in [0.15, 0.2) is 18.5 Å². The molecule has 1 aromatic heterocycles. The predicted octanol–water partition coefficient (Wildman–Crippen LogP) is 3.08. The van der Waals surface area contributed by atoms with Crippen molar-refractivity contribution < 1.29 is 17.9 Å². The molecule has 0 saturated heterocycles. The maximum Gasteiger partial charge on any atom is 0.389 e. The van der Waals surface area contributed by atoms with Crippen molar-refractivity contribution >= 4 is 0 Å². The lowest BCUT2D eigenvalue weighted by Gasteiger charge is -2.19. The lowest BCUT2D eigenvalue weighted by Crippen LogP contribution is -2.23. The molecule has 1 rings (SSSR count). The van der Waals surface area contributed by atoms with E-state index >= 15 is 0 Å². The van der Waals surface area contributed by atoms with E-state index in [0.717, 1.165) is 0 Å². The second-order valence-corrected chi connectivity index (χ2v) is 3.92. The Labute approximate surface area is 104 Å². The Morgan fingerprint density at radius 2 is 2.11 bits per heavy atom. The van der Waals surface area contributed by atoms with Crippen LogP contribution in [0.5, 0.6) is 5.75 Å². The normalized spacial score (nSPS) is 13.4. The van der Waals surface area contributed by atoms with Gasteiger partial charge in [0.2, 0.25) is 0 Å². The predicted molar refractivity (Wildman–Crippen MR) is 62.5 cm³/mol. The summed E-state index contributed by atoms with van der Waals surface area (Å²) in [5, 5.41) is 3.03. The fraction of sp³-hybridized carbons (Fsp3) is 0.583. The van der Waals surface area contributed by atoms with Crippen LogP contribution in [0.2, 0.25) is 0 Å². The number of ether oxygens (including phenoxy) is 1. The molecule has 1 unspecified atom stereocenters. The Balaban J connectivity index is 2.76. The van der Waals surface area contributed by atoms with Crippen LogP contribution < -0.4 is 10.1 Å². The van der Waals surface area contributed by atoms with Gasteiger partial charge in [0.15, 0.2) is 0 Å². The third kappa shape index (κ3) is 4.91. The SMILES string of the molecule is CCNC(CCC(F)(F)F)c1cncc(OC)c1. The molecule has 0 radical (unpaired) electrons. The summed E-state index contributed by atoms with van der Waals surface area (Å²) in [6.45, 7) is 2.45. The minimum Gasteiger partial charge on any atom is -0.495 e. The first-order valence-electron chi connectivity index (χ1n) is 5.75. The largest absolute Gasteiger partial charge is 0.495 e. The molecule has 6 heteroatoms. The van der Waals surface area contributed by atoms with Crippen LogP contribution in [0.3, 0.4) is 0 Å². The first-order valence-corrected chi connectivity index (χ1v) is 5.75. The van der Waals surface area contributed by atoms with E-state index in [4.69, 9.17) is 4.74 Å². The van der Waals surface area contributed by atoms with E-state index in [0.29, 0.717) is 17.9 Å². The average Bonchev–Trinajstić information content (AvgIpc) is 2.33. The molecular formula is C12H17F3N2O. The number of aromatic nitrogens is 1. The summed E-state index contributed by atoms with van der Waals surface area (Å²) >= 11 is 0. The van der Waals surface area contributed by atoms with Gasteiger partial charge in [-0.25, -0.2) is 0 Å². The Hall–Kier alpha value is -1.30. The van der Waals surface area contributed by atoms with Crippen LogP contribution in [-0.4, -0.2) is 24.8 Å². The van der Waals surface area contributed by atoms with Gasteiger partial charge in [0.1, 0.15) is 5.75 Å². The molecule has 3 nitrogen and oxygen atoms in total. The summed E-state index contributed by atoms with van der Waals surface area (Å²) < 4.78 is 41.8. The van der Waals surface area contributed by atoms with Gasteiger partial charge >= 0.3 is 6.18 Å². The number of rotatable bonds is 6. The van der Waals surface area contributed by atoms with E-state index in [-0.39, 0.29) is 12.5 Å². The molecule has 0 fully saturated rings. The summed E-state index contributed by atoms with van der Waals surface area (Å²) in [6, 6.07) is 1.34. The monoisotopic (exact) mass is 262 g/mol. The Morgan fingerprint density at radius 3 is 2.67 bits per heavy atom. The highest BCUT2D eigenvalue weighted by Gasteiger charge is 2.28. The summed E-state index contributed by atoms with van der Waals surface area (Å²) in [7, 11) is 1.50. The van der Waals surface area contributed by atoms with Crippen molar-refractivity contribution in [2.24, 2.45) is 0 Å². The number of nitrogens with zero attached hydrogens (tertiary/aromatic N) is 1. The molecule has 0 amide bonds. The van der Waals surface area contributed by atoms with Crippen molar-refractivity contribution in [2.75, 3.05) is 13.7 Å². The Morgan fingerprint density at radius 1 is 1.39 bits per heavy atom. The maximum atomic E-state index is 12.2. The van der Waals surface area contributed by atoms with Crippen molar-refractivity contribution in [1.82, 2.24) is 10.3 Å². The van der Waals surface area contributed by atoms with Crippen molar-refractivity contribution in [3.05, 3.63) is 24.0 Å². The quantitative estimate of drug-likeness (QED) is 0.855. The van der Waals surface area contributed by atoms with Crippen LogP contribution in [0, 0.1) is 0 Å². The van der Waals surface area contributed by atoms with Crippen LogP contribution in [0.4, 0.5) is 13.2 Å². The van der Waals surface area contributed by atoms with Crippen LogP contribution in [0.1, 0.15) is 31.4 Å². The highest BCUT2D eigenvalue weighted by atomic mass is 19.4. The third-order valence-corrected chi connectivity index (χ3v) is 2.54. The molecule has 102 valence electrons. The third-order valence-electron chi connectivity index (χ3n) is 2.54. The molecule has 0 aromatic carbocycles. The molecule has 0 spiro atoms. The van der Waals surface area contributed by atoms with Gasteiger partial charge in [0.25, 0.3) is 0 Å². The number of hydrogen-bond acceptors (Lipinski definition) is 3. The molecule has 18 heavy (non-hydrogen) atoms. The number of methoxy groups -OCH3 is 1. The molecule has 1 aromatic rings. The van der Waals surface area contributed by atoms with E-state index < -0.39 is 12.6 Å². The zero-order valence-electron chi connectivity index (χ0n) is 10.4. The van der Waals surface area contributed by atoms with Crippen molar-refractivity contribution in [2.45, 2.75) is 32.0 Å². The second kappa shape index (κ2) is 6.58. The first-order chi connectivity index (χ1) is 8.46. The lowest BCUT2D eigenvalue weighted by molar-refractivity contribution is -0.136. The summed E-state index contributed by atoms with van der Waals surface area (Å²) in [4.78, 5) is 3.96. The zero-order chi connectivity index (χ0) is 13.6. The minimum atomic E-state index is -4.14. The van der Waals surface area contributed by atoms with E-state index in [1.165, 1.54) is 13.3 Å². The van der Waals surface area contributed by atoms with E-state index in [1.54, 1.807) is 12.3 Å². The molecule has 0 bridgehead atoms. The summed E-state index contributed by atoms with van der Waals surface area (Å²) in [6.07, 6.45) is -1.88. The van der Waals surface area contributed by atoms with Gasteiger partial charge in [-0.15, -0.1) is 0 Å². The molecule has 1 heterocycles. The number of hydrogen-bond donors (Lipinski definition) is 1. The van der Waals surface area contributed by atoms with Crippen molar-refractivity contribution in [3.8, 4) is 5.75 Å². The topological polar surface area (TPSA) is 34.2 Å². The van der Waals surface area contributed by atoms with E-state index in [2.05, 4.69) is 10.3 Å². The summed E-state index contributed by atoms with van der Waals surface area (Å²) in [5.74, 6) is 0.544. The average molecular weight is 262 g/mol. The van der Waals surface area contributed by atoms with Gasteiger partial charge in [0, 0.05) is 18.7 Å². The number of alkyl halides is 3. The number of halogens is 3. The van der Waals surface area contributed by atoms with Crippen LogP contribution in [0.25, 0.3) is 0 Å². The molecule has 0 aliphatic heterocycles. The van der Waals surface area contributed by atoms with Crippen LogP contribution >= 0.6 is 0 Å². The Bertz CT molecular complexity index is 369. The fourth-order valence-electron chi connectivity index (χ4n) is 1.68.